The normalized spacial score (nSPS) is 19.2. The lowest BCUT2D eigenvalue weighted by atomic mass is 9.99. The lowest BCUT2D eigenvalue weighted by molar-refractivity contribution is -0.325. The number of halogens is 3. The Kier molecular flexibility index (Phi) is 5.68. The highest BCUT2D eigenvalue weighted by atomic mass is 19.4. The minimum Gasteiger partial charge on any atom is -0.491 e. The molecule has 0 unspecified atom stereocenters. The molecule has 0 spiro atoms. The Morgan fingerprint density at radius 1 is 1.26 bits per heavy atom. The van der Waals surface area contributed by atoms with Gasteiger partial charge in [-0.2, -0.15) is 10.2 Å². The van der Waals surface area contributed by atoms with Crippen LogP contribution in [-0.2, 0) is 24.8 Å². The predicted molar refractivity (Wildman–Crippen MR) is 112 cm³/mol. The summed E-state index contributed by atoms with van der Waals surface area (Å²) in [4.78, 5) is 12.7. The molecule has 34 heavy (non-hydrogen) atoms. The van der Waals surface area contributed by atoms with Gasteiger partial charge in [-0.15, -0.1) is 13.2 Å². The lowest BCUT2D eigenvalue weighted by Gasteiger charge is -2.26. The molecule has 5 rings (SSSR count). The zero-order valence-corrected chi connectivity index (χ0v) is 18.2. The molecular weight excluding hydrogens is 455 g/mol. The van der Waals surface area contributed by atoms with E-state index in [1.54, 1.807) is 4.68 Å². The summed E-state index contributed by atoms with van der Waals surface area (Å²) in [6, 6.07) is 9.04. The molecule has 3 aromatic rings. The maximum atomic E-state index is 12.7. The number of nitrogens with one attached hydrogen (secondary N) is 1. The molecule has 0 radical (unpaired) electrons. The van der Waals surface area contributed by atoms with E-state index in [-0.39, 0.29) is 30.6 Å². The molecule has 1 N–H and O–H groups in total. The van der Waals surface area contributed by atoms with Crippen LogP contribution in [0.1, 0.15) is 22.5 Å². The molecule has 12 heteroatoms. The fraction of sp³-hybridized carbons (Fsp3) is 0.409. The van der Waals surface area contributed by atoms with Crippen LogP contribution in [0.15, 0.2) is 36.5 Å². The number of nitrogens with zero attached hydrogens (tertiary/aromatic N) is 4. The highest BCUT2D eigenvalue weighted by molar-refractivity contribution is 5.92. The topological polar surface area (TPSA) is 92.4 Å². The van der Waals surface area contributed by atoms with Crippen molar-refractivity contribution in [2.24, 2.45) is 7.05 Å². The van der Waals surface area contributed by atoms with E-state index in [1.807, 2.05) is 37.5 Å². The minimum absolute atomic E-state index is 0.0592. The Morgan fingerprint density at radius 2 is 2.12 bits per heavy atom. The number of aromatic nitrogens is 4. The maximum Gasteiger partial charge on any atom is 0.522 e. The highest BCUT2D eigenvalue weighted by Gasteiger charge is 2.32. The van der Waals surface area contributed by atoms with Crippen molar-refractivity contribution in [2.75, 3.05) is 13.2 Å². The van der Waals surface area contributed by atoms with Crippen LogP contribution >= 0.6 is 0 Å². The number of hydrogen-bond donors (Lipinski definition) is 1. The zero-order chi connectivity index (χ0) is 23.9. The summed E-state index contributed by atoms with van der Waals surface area (Å²) in [5.41, 5.74) is 2.97. The zero-order valence-electron chi connectivity index (χ0n) is 18.2. The molecular formula is C22H22F3N5O4. The molecule has 2 aliphatic rings. The quantitative estimate of drug-likeness (QED) is 0.587. The number of alkyl halides is 3. The number of benzene rings is 1. The molecule has 0 aliphatic carbocycles. The summed E-state index contributed by atoms with van der Waals surface area (Å²) in [6.45, 7) is 0.0740. The van der Waals surface area contributed by atoms with Crippen LogP contribution in [0.4, 0.5) is 13.2 Å². The second-order valence-corrected chi connectivity index (χ2v) is 8.26. The standard InChI is InChI=1S/C22H22F3N5O4/c1-29-6-4-17(27-29)13-2-3-19-14(8-13)9-15(12-32-19)26-21(31)18-10-20-30(28-18)11-16(34-20)5-7-33-22(23,24)25/h2-4,6,8,10,15-16H,5,7,9,11-12H2,1H3,(H,26,31)/t15-,16-/m1/s1. The van der Waals surface area contributed by atoms with Gasteiger partial charge in [-0.3, -0.25) is 14.2 Å². The van der Waals surface area contributed by atoms with Crippen molar-refractivity contribution in [2.45, 2.75) is 37.9 Å². The Hall–Kier alpha value is -3.54. The smallest absolute Gasteiger partial charge is 0.491 e. The van der Waals surface area contributed by atoms with Crippen LogP contribution in [-0.4, -0.2) is 57.2 Å². The Labute approximate surface area is 192 Å². The summed E-state index contributed by atoms with van der Waals surface area (Å²) in [5, 5.41) is 11.6. The molecule has 1 aromatic carbocycles. The highest BCUT2D eigenvalue weighted by Crippen LogP contribution is 2.30. The van der Waals surface area contributed by atoms with Gasteiger partial charge >= 0.3 is 6.36 Å². The third-order valence-corrected chi connectivity index (χ3v) is 5.66. The van der Waals surface area contributed by atoms with E-state index in [0.717, 1.165) is 22.6 Å². The van der Waals surface area contributed by atoms with Crippen LogP contribution in [0.2, 0.25) is 0 Å². The first-order valence-corrected chi connectivity index (χ1v) is 10.8. The van der Waals surface area contributed by atoms with E-state index in [0.29, 0.717) is 18.9 Å². The number of carbonyl (C=O) groups excluding carboxylic acids is 1. The first kappa shape index (κ1) is 22.3. The van der Waals surface area contributed by atoms with Crippen molar-refractivity contribution in [3.05, 3.63) is 47.8 Å². The second-order valence-electron chi connectivity index (χ2n) is 8.26. The average Bonchev–Trinajstić information content (AvgIpc) is 3.47. The SMILES string of the molecule is Cn1ccc(-c2ccc3c(c2)C[C@@H](NC(=O)c2cc4n(n2)C[C@@H](CCOC(F)(F)F)O4)CO3)n1. The molecule has 0 saturated carbocycles. The van der Waals surface area contributed by atoms with E-state index in [1.165, 1.54) is 10.7 Å². The molecule has 180 valence electrons. The molecule has 0 saturated heterocycles. The van der Waals surface area contributed by atoms with Crippen LogP contribution in [0.25, 0.3) is 11.3 Å². The number of aryl methyl sites for hydroxylation is 1. The van der Waals surface area contributed by atoms with E-state index in [9.17, 15) is 18.0 Å². The summed E-state index contributed by atoms with van der Waals surface area (Å²) in [6.07, 6.45) is -2.63. The second kappa shape index (κ2) is 8.67. The number of hydrogen-bond acceptors (Lipinski definition) is 6. The van der Waals surface area contributed by atoms with E-state index in [2.05, 4.69) is 20.3 Å². The van der Waals surface area contributed by atoms with Crippen molar-refractivity contribution in [1.82, 2.24) is 24.9 Å². The molecule has 9 nitrogen and oxygen atoms in total. The summed E-state index contributed by atoms with van der Waals surface area (Å²) in [5.74, 6) is 0.743. The largest absolute Gasteiger partial charge is 0.522 e. The van der Waals surface area contributed by atoms with Gasteiger partial charge in [0, 0.05) is 31.3 Å². The predicted octanol–water partition coefficient (Wildman–Crippen LogP) is 2.70. The van der Waals surface area contributed by atoms with E-state index < -0.39 is 19.1 Å². The fourth-order valence-corrected chi connectivity index (χ4v) is 4.07. The first-order chi connectivity index (χ1) is 16.2. The molecule has 2 aromatic heterocycles. The van der Waals surface area contributed by atoms with E-state index >= 15 is 0 Å². The number of amides is 1. The minimum atomic E-state index is -4.67. The molecule has 0 fully saturated rings. The van der Waals surface area contributed by atoms with Crippen molar-refractivity contribution in [1.29, 1.82) is 0 Å². The number of fused-ring (bicyclic) bond motifs is 2. The Balaban J connectivity index is 1.17. The van der Waals surface area contributed by atoms with Crippen molar-refractivity contribution in [3.8, 4) is 22.9 Å². The molecule has 2 aliphatic heterocycles. The summed E-state index contributed by atoms with van der Waals surface area (Å²) >= 11 is 0. The first-order valence-electron chi connectivity index (χ1n) is 10.8. The van der Waals surface area contributed by atoms with Gasteiger partial charge in [0.2, 0.25) is 5.88 Å². The van der Waals surface area contributed by atoms with Crippen LogP contribution in [0, 0.1) is 0 Å². The number of rotatable bonds is 6. The third-order valence-electron chi connectivity index (χ3n) is 5.66. The molecule has 2 atom stereocenters. The van der Waals surface area contributed by atoms with Gasteiger partial charge < -0.3 is 14.8 Å². The van der Waals surface area contributed by atoms with Crippen LogP contribution in [0.3, 0.4) is 0 Å². The Bertz CT molecular complexity index is 1180. The molecule has 1 amide bonds. The van der Waals surface area contributed by atoms with Crippen molar-refractivity contribution < 1.29 is 32.2 Å². The van der Waals surface area contributed by atoms with Crippen molar-refractivity contribution >= 4 is 5.91 Å². The third kappa shape index (κ3) is 4.86. The number of carbonyl (C=O) groups is 1. The van der Waals surface area contributed by atoms with Gasteiger partial charge in [-0.1, -0.05) is 0 Å². The maximum absolute atomic E-state index is 12.7. The summed E-state index contributed by atoms with van der Waals surface area (Å²) in [7, 11) is 1.86. The van der Waals surface area contributed by atoms with Gasteiger partial charge in [0.05, 0.1) is 24.9 Å². The van der Waals surface area contributed by atoms with Gasteiger partial charge in [0.25, 0.3) is 5.91 Å². The molecule has 4 heterocycles. The van der Waals surface area contributed by atoms with Gasteiger partial charge in [-0.25, -0.2) is 4.68 Å². The monoisotopic (exact) mass is 477 g/mol. The van der Waals surface area contributed by atoms with E-state index in [4.69, 9.17) is 9.47 Å². The Morgan fingerprint density at radius 3 is 2.85 bits per heavy atom. The van der Waals surface area contributed by atoms with Gasteiger partial charge in [-0.05, 0) is 36.2 Å². The molecule has 0 bridgehead atoms. The van der Waals surface area contributed by atoms with Crippen LogP contribution < -0.4 is 14.8 Å². The van der Waals surface area contributed by atoms with Gasteiger partial charge in [0.1, 0.15) is 18.5 Å². The lowest BCUT2D eigenvalue weighted by Crippen LogP contribution is -2.43. The number of ether oxygens (including phenoxy) is 3. The average molecular weight is 477 g/mol. The van der Waals surface area contributed by atoms with Crippen molar-refractivity contribution in [3.63, 3.8) is 0 Å². The fourth-order valence-electron chi connectivity index (χ4n) is 4.07. The van der Waals surface area contributed by atoms with Crippen LogP contribution in [0.5, 0.6) is 11.6 Å². The summed E-state index contributed by atoms with van der Waals surface area (Å²) < 4.78 is 54.7. The van der Waals surface area contributed by atoms with Gasteiger partial charge in [0.15, 0.2) is 5.69 Å².